The Morgan fingerprint density at radius 2 is 1.93 bits per heavy atom. The smallest absolute Gasteiger partial charge is 0.187 e. The maximum Gasteiger partial charge on any atom is 0.187 e. The highest BCUT2D eigenvalue weighted by Crippen LogP contribution is 2.41. The number of benzene rings is 1. The molecular formula is C20H21FN4S2. The zero-order valence-electron chi connectivity index (χ0n) is 15.4. The first-order chi connectivity index (χ1) is 13.2. The Balaban J connectivity index is 1.81. The lowest BCUT2D eigenvalue weighted by Crippen LogP contribution is -2.32. The second-order valence-electron chi connectivity index (χ2n) is 6.75. The molecule has 4 nitrogen and oxygen atoms in total. The fraction of sp³-hybridized carbons (Fsp3) is 0.350. The minimum Gasteiger partial charge on any atom is -0.348 e. The van der Waals surface area contributed by atoms with Crippen molar-refractivity contribution in [3.8, 4) is 21.8 Å². The van der Waals surface area contributed by atoms with Crippen LogP contribution in [0.1, 0.15) is 19.8 Å². The van der Waals surface area contributed by atoms with Gasteiger partial charge < -0.3 is 4.90 Å². The number of thioether (sulfide) groups is 1. The fourth-order valence-corrected chi connectivity index (χ4v) is 4.68. The lowest BCUT2D eigenvalue weighted by molar-refractivity contribution is 0.438. The van der Waals surface area contributed by atoms with E-state index in [1.807, 2.05) is 18.4 Å². The maximum atomic E-state index is 14.5. The zero-order chi connectivity index (χ0) is 18.8. The summed E-state index contributed by atoms with van der Waals surface area (Å²) in [6, 6.07) is 8.69. The normalized spacial score (nSPS) is 15.3. The van der Waals surface area contributed by atoms with E-state index in [0.717, 1.165) is 47.6 Å². The predicted octanol–water partition coefficient (Wildman–Crippen LogP) is 5.36. The van der Waals surface area contributed by atoms with E-state index in [0.29, 0.717) is 16.4 Å². The Kier molecular flexibility index (Phi) is 5.41. The van der Waals surface area contributed by atoms with E-state index in [-0.39, 0.29) is 5.82 Å². The van der Waals surface area contributed by atoms with Crippen molar-refractivity contribution in [1.29, 1.82) is 0 Å². The van der Waals surface area contributed by atoms with Gasteiger partial charge in [0.05, 0.1) is 16.3 Å². The molecule has 0 saturated carbocycles. The number of rotatable bonds is 4. The van der Waals surface area contributed by atoms with Gasteiger partial charge in [0.2, 0.25) is 0 Å². The third-order valence-electron chi connectivity index (χ3n) is 4.85. The van der Waals surface area contributed by atoms with E-state index in [9.17, 15) is 4.39 Å². The Hall–Kier alpha value is -1.99. The van der Waals surface area contributed by atoms with Crippen LogP contribution in [0.15, 0.2) is 41.7 Å². The van der Waals surface area contributed by atoms with E-state index in [4.69, 9.17) is 4.98 Å². The van der Waals surface area contributed by atoms with Crippen molar-refractivity contribution in [2.75, 3.05) is 24.2 Å². The Morgan fingerprint density at radius 3 is 2.67 bits per heavy atom. The summed E-state index contributed by atoms with van der Waals surface area (Å²) in [6.45, 7) is 4.27. The van der Waals surface area contributed by atoms with Crippen LogP contribution in [0.5, 0.6) is 0 Å². The van der Waals surface area contributed by atoms with Gasteiger partial charge in [0.15, 0.2) is 10.3 Å². The van der Waals surface area contributed by atoms with Gasteiger partial charge in [-0.2, -0.15) is 0 Å². The number of hydrogen-bond acceptors (Lipinski definition) is 6. The van der Waals surface area contributed by atoms with Gasteiger partial charge in [0, 0.05) is 24.8 Å². The summed E-state index contributed by atoms with van der Waals surface area (Å²) in [4.78, 5) is 17.0. The standard InChI is InChI=1S/C20H21FN4S2/c1-13-8-11-25(12-9-13)20-24-17(14-5-3-4-6-15(14)21)18(27-20)16-7-10-22-19(23-16)26-2/h3-7,10,13H,8-9,11-12H2,1-2H3. The van der Waals surface area contributed by atoms with Crippen molar-refractivity contribution in [1.82, 2.24) is 15.0 Å². The van der Waals surface area contributed by atoms with Crippen LogP contribution < -0.4 is 4.90 Å². The van der Waals surface area contributed by atoms with E-state index in [1.165, 1.54) is 17.8 Å². The molecule has 2 aromatic heterocycles. The first kappa shape index (κ1) is 18.4. The van der Waals surface area contributed by atoms with Gasteiger partial charge >= 0.3 is 0 Å². The van der Waals surface area contributed by atoms with Crippen LogP contribution in [0.4, 0.5) is 9.52 Å². The summed E-state index contributed by atoms with van der Waals surface area (Å²) in [5, 5.41) is 1.65. The minimum absolute atomic E-state index is 0.262. The summed E-state index contributed by atoms with van der Waals surface area (Å²) < 4.78 is 14.5. The van der Waals surface area contributed by atoms with Crippen molar-refractivity contribution in [3.63, 3.8) is 0 Å². The number of hydrogen-bond donors (Lipinski definition) is 0. The Bertz CT molecular complexity index is 935. The molecule has 0 bridgehead atoms. The number of piperidine rings is 1. The molecule has 1 aromatic carbocycles. The van der Waals surface area contributed by atoms with Crippen molar-refractivity contribution in [2.45, 2.75) is 24.9 Å². The molecule has 27 heavy (non-hydrogen) atoms. The lowest BCUT2D eigenvalue weighted by atomic mass is 10.00. The molecule has 0 spiro atoms. The topological polar surface area (TPSA) is 41.9 Å². The number of aromatic nitrogens is 3. The third kappa shape index (κ3) is 3.84. The van der Waals surface area contributed by atoms with Crippen LogP contribution in [0.2, 0.25) is 0 Å². The Morgan fingerprint density at radius 1 is 1.15 bits per heavy atom. The van der Waals surface area contributed by atoms with Gasteiger partial charge in [-0.05, 0) is 43.2 Å². The van der Waals surface area contributed by atoms with Crippen LogP contribution >= 0.6 is 23.1 Å². The van der Waals surface area contributed by atoms with E-state index >= 15 is 0 Å². The molecule has 7 heteroatoms. The van der Waals surface area contributed by atoms with Crippen molar-refractivity contribution in [3.05, 3.63) is 42.3 Å². The van der Waals surface area contributed by atoms with Crippen molar-refractivity contribution < 1.29 is 4.39 Å². The van der Waals surface area contributed by atoms with Crippen LogP contribution in [-0.2, 0) is 0 Å². The molecule has 0 atom stereocenters. The largest absolute Gasteiger partial charge is 0.348 e. The second-order valence-corrected chi connectivity index (χ2v) is 8.50. The number of thiazole rings is 1. The molecule has 0 N–H and O–H groups in total. The summed E-state index contributed by atoms with van der Waals surface area (Å²) >= 11 is 3.09. The molecule has 0 unspecified atom stereocenters. The molecule has 1 aliphatic heterocycles. The SMILES string of the molecule is CSc1nccc(-c2sc(N3CCC(C)CC3)nc2-c2ccccc2F)n1. The second kappa shape index (κ2) is 7.94. The molecule has 1 saturated heterocycles. The molecule has 1 fully saturated rings. The van der Waals surface area contributed by atoms with Crippen molar-refractivity contribution in [2.24, 2.45) is 5.92 Å². The quantitative estimate of drug-likeness (QED) is 0.435. The average molecular weight is 401 g/mol. The van der Waals surface area contributed by atoms with Crippen LogP contribution in [-0.4, -0.2) is 34.3 Å². The van der Waals surface area contributed by atoms with Crippen LogP contribution in [0, 0.1) is 11.7 Å². The first-order valence-electron chi connectivity index (χ1n) is 9.04. The summed E-state index contributed by atoms with van der Waals surface area (Å²) in [5.41, 5.74) is 1.98. The highest BCUT2D eigenvalue weighted by molar-refractivity contribution is 7.98. The molecule has 4 rings (SSSR count). The molecular weight excluding hydrogens is 379 g/mol. The van der Waals surface area contributed by atoms with Gasteiger partial charge in [-0.25, -0.2) is 19.3 Å². The van der Waals surface area contributed by atoms with Crippen LogP contribution in [0.3, 0.4) is 0 Å². The molecule has 3 heterocycles. The number of anilines is 1. The molecule has 0 aliphatic carbocycles. The van der Waals surface area contributed by atoms with Gasteiger partial charge in [0.25, 0.3) is 0 Å². The molecule has 1 aliphatic rings. The zero-order valence-corrected chi connectivity index (χ0v) is 17.0. The summed E-state index contributed by atoms with van der Waals surface area (Å²) in [7, 11) is 0. The third-order valence-corrected chi connectivity index (χ3v) is 6.55. The highest BCUT2D eigenvalue weighted by atomic mass is 32.2. The maximum absolute atomic E-state index is 14.5. The summed E-state index contributed by atoms with van der Waals surface area (Å²) in [5.74, 6) is 0.486. The van der Waals surface area contributed by atoms with Gasteiger partial charge in [0.1, 0.15) is 5.82 Å². The van der Waals surface area contributed by atoms with Gasteiger partial charge in [-0.15, -0.1) is 0 Å². The Labute approximate surface area is 166 Å². The monoisotopic (exact) mass is 400 g/mol. The molecule has 140 valence electrons. The number of nitrogens with zero attached hydrogens (tertiary/aromatic N) is 4. The van der Waals surface area contributed by atoms with E-state index in [1.54, 1.807) is 29.7 Å². The van der Waals surface area contributed by atoms with E-state index in [2.05, 4.69) is 21.8 Å². The molecule has 0 radical (unpaired) electrons. The number of halogens is 1. The van der Waals surface area contributed by atoms with Crippen LogP contribution in [0.25, 0.3) is 21.8 Å². The predicted molar refractivity (Wildman–Crippen MR) is 111 cm³/mol. The van der Waals surface area contributed by atoms with Gasteiger partial charge in [-0.3, -0.25) is 0 Å². The molecule has 3 aromatic rings. The highest BCUT2D eigenvalue weighted by Gasteiger charge is 2.24. The van der Waals surface area contributed by atoms with E-state index < -0.39 is 0 Å². The average Bonchev–Trinajstić information content (AvgIpc) is 3.14. The lowest BCUT2D eigenvalue weighted by Gasteiger charge is -2.29. The van der Waals surface area contributed by atoms with Gasteiger partial charge in [-0.1, -0.05) is 42.2 Å². The molecule has 0 amide bonds. The fourth-order valence-electron chi connectivity index (χ4n) is 3.22. The minimum atomic E-state index is -0.262. The first-order valence-corrected chi connectivity index (χ1v) is 11.1. The van der Waals surface area contributed by atoms with Crippen molar-refractivity contribution >= 4 is 28.2 Å². The summed E-state index contributed by atoms with van der Waals surface area (Å²) in [6.07, 6.45) is 6.02.